The predicted octanol–water partition coefficient (Wildman–Crippen LogP) is 1.15. The monoisotopic (exact) mass is 240 g/mol. The van der Waals surface area contributed by atoms with Gasteiger partial charge in [-0.05, 0) is 46.1 Å². The number of fused-ring (bicyclic) bond motifs is 1. The molecule has 0 aliphatic carbocycles. The Bertz CT molecular complexity index is 268. The van der Waals surface area contributed by atoms with Crippen LogP contribution in [0.25, 0.3) is 0 Å². The fourth-order valence-electron chi connectivity index (χ4n) is 2.87. The molecule has 0 aromatic rings. The van der Waals surface area contributed by atoms with Crippen LogP contribution in [-0.2, 0) is 9.53 Å². The van der Waals surface area contributed by atoms with Crippen LogP contribution in [0, 0.1) is 0 Å². The largest absolute Gasteiger partial charge is 0.369 e. The van der Waals surface area contributed by atoms with Crippen molar-refractivity contribution in [2.24, 2.45) is 0 Å². The number of nitrogens with zero attached hydrogens (tertiary/aromatic N) is 1. The summed E-state index contributed by atoms with van der Waals surface area (Å²) in [7, 11) is 0. The molecule has 0 aromatic carbocycles. The molecule has 0 saturated carbocycles. The van der Waals surface area contributed by atoms with Crippen LogP contribution in [0.1, 0.15) is 39.5 Å². The first-order valence-electron chi connectivity index (χ1n) is 6.80. The Kier molecular flexibility index (Phi) is 4.40. The minimum absolute atomic E-state index is 0.0372. The smallest absolute Gasteiger partial charge is 0.246 e. The van der Waals surface area contributed by atoms with E-state index in [9.17, 15) is 4.79 Å². The molecule has 4 nitrogen and oxygen atoms in total. The number of rotatable bonds is 4. The van der Waals surface area contributed by atoms with Crippen LogP contribution < -0.4 is 5.32 Å². The number of ether oxygens (including phenoxy) is 1. The fourth-order valence-corrected chi connectivity index (χ4v) is 2.87. The zero-order valence-electron chi connectivity index (χ0n) is 10.9. The molecule has 2 heterocycles. The lowest BCUT2D eigenvalue weighted by Gasteiger charge is -2.35. The second kappa shape index (κ2) is 5.83. The maximum Gasteiger partial charge on any atom is 0.246 e. The molecule has 1 amide bonds. The molecule has 2 atom stereocenters. The summed E-state index contributed by atoms with van der Waals surface area (Å²) in [6.07, 6.45) is 4.95. The van der Waals surface area contributed by atoms with Gasteiger partial charge in [-0.3, -0.25) is 4.79 Å². The number of piperidine rings is 1. The Labute approximate surface area is 104 Å². The maximum absolute atomic E-state index is 11.7. The van der Waals surface area contributed by atoms with Gasteiger partial charge in [0.15, 0.2) is 0 Å². The topological polar surface area (TPSA) is 41.6 Å². The van der Waals surface area contributed by atoms with E-state index in [1.807, 2.05) is 13.8 Å². The van der Waals surface area contributed by atoms with Gasteiger partial charge in [-0.1, -0.05) is 0 Å². The van der Waals surface area contributed by atoms with Crippen molar-refractivity contribution < 1.29 is 9.53 Å². The highest BCUT2D eigenvalue weighted by molar-refractivity contribution is 5.77. The summed E-state index contributed by atoms with van der Waals surface area (Å²) in [5, 5.41) is 3.10. The van der Waals surface area contributed by atoms with Gasteiger partial charge in [0.1, 0.15) is 6.61 Å². The number of hydrogen-bond donors (Lipinski definition) is 1. The van der Waals surface area contributed by atoms with Gasteiger partial charge in [0, 0.05) is 18.6 Å². The van der Waals surface area contributed by atoms with Crippen LogP contribution in [0.3, 0.4) is 0 Å². The van der Waals surface area contributed by atoms with Crippen LogP contribution in [0.4, 0.5) is 0 Å². The molecule has 2 aliphatic heterocycles. The van der Waals surface area contributed by atoms with Crippen LogP contribution in [0.5, 0.6) is 0 Å². The second-order valence-electron chi connectivity index (χ2n) is 5.48. The van der Waals surface area contributed by atoms with Crippen molar-refractivity contribution in [3.8, 4) is 0 Å². The van der Waals surface area contributed by atoms with Crippen molar-refractivity contribution >= 4 is 5.91 Å². The average molecular weight is 240 g/mol. The summed E-state index contributed by atoms with van der Waals surface area (Å²) in [5.74, 6) is 0.0372. The highest BCUT2D eigenvalue weighted by atomic mass is 16.5. The van der Waals surface area contributed by atoms with E-state index in [-0.39, 0.29) is 18.6 Å². The normalized spacial score (nSPS) is 29.4. The second-order valence-corrected chi connectivity index (χ2v) is 5.48. The van der Waals surface area contributed by atoms with Gasteiger partial charge in [-0.2, -0.15) is 0 Å². The van der Waals surface area contributed by atoms with E-state index in [1.165, 1.54) is 19.4 Å². The third-order valence-electron chi connectivity index (χ3n) is 3.73. The first kappa shape index (κ1) is 12.8. The summed E-state index contributed by atoms with van der Waals surface area (Å²) in [5.41, 5.74) is 0. The summed E-state index contributed by atoms with van der Waals surface area (Å²) in [6.45, 7) is 6.49. The first-order chi connectivity index (χ1) is 8.15. The number of carbonyl (C=O) groups excluding carboxylic acids is 1. The third kappa shape index (κ3) is 3.68. The molecule has 1 N–H and O–H groups in total. The maximum atomic E-state index is 11.7. The van der Waals surface area contributed by atoms with Gasteiger partial charge >= 0.3 is 0 Å². The number of carbonyl (C=O) groups is 1. The van der Waals surface area contributed by atoms with Gasteiger partial charge in [-0.15, -0.1) is 0 Å². The molecule has 0 bridgehead atoms. The van der Waals surface area contributed by atoms with Crippen molar-refractivity contribution in [3.63, 3.8) is 0 Å². The van der Waals surface area contributed by atoms with Crippen LogP contribution in [-0.4, -0.2) is 48.7 Å². The van der Waals surface area contributed by atoms with E-state index in [0.717, 1.165) is 19.4 Å². The fraction of sp³-hybridized carbons (Fsp3) is 0.923. The van der Waals surface area contributed by atoms with E-state index < -0.39 is 0 Å². The molecule has 0 spiro atoms. The number of amides is 1. The molecule has 0 aromatic heterocycles. The van der Waals surface area contributed by atoms with Gasteiger partial charge in [-0.25, -0.2) is 0 Å². The van der Waals surface area contributed by atoms with Crippen molar-refractivity contribution in [2.45, 2.75) is 57.7 Å². The van der Waals surface area contributed by atoms with Crippen LogP contribution >= 0.6 is 0 Å². The summed E-state index contributed by atoms with van der Waals surface area (Å²) in [6, 6.07) is 1.07. The van der Waals surface area contributed by atoms with E-state index in [2.05, 4.69) is 10.2 Å². The van der Waals surface area contributed by atoms with E-state index >= 15 is 0 Å². The molecule has 2 rings (SSSR count). The molecule has 2 saturated heterocycles. The quantitative estimate of drug-likeness (QED) is 0.801. The number of nitrogens with one attached hydrogen (secondary N) is 1. The zero-order chi connectivity index (χ0) is 12.3. The lowest BCUT2D eigenvalue weighted by atomic mass is 9.97. The Morgan fingerprint density at radius 1 is 1.41 bits per heavy atom. The molecule has 2 aliphatic rings. The highest BCUT2D eigenvalue weighted by Crippen LogP contribution is 2.26. The first-order valence-corrected chi connectivity index (χ1v) is 6.80. The molecule has 0 radical (unpaired) electrons. The van der Waals surface area contributed by atoms with Crippen molar-refractivity contribution in [3.05, 3.63) is 0 Å². The Hall–Kier alpha value is -0.610. The molecular formula is C13H24N2O2. The average Bonchev–Trinajstić information content (AvgIpc) is 2.73. The van der Waals surface area contributed by atoms with E-state index in [0.29, 0.717) is 12.1 Å². The molecule has 4 heteroatoms. The SMILES string of the molecule is CC(C)OCC(=O)NC1CCN2CCCC2C1. The minimum Gasteiger partial charge on any atom is -0.369 e. The predicted molar refractivity (Wildman–Crippen MR) is 66.8 cm³/mol. The third-order valence-corrected chi connectivity index (χ3v) is 3.73. The van der Waals surface area contributed by atoms with Crippen LogP contribution in [0.2, 0.25) is 0 Å². The Morgan fingerprint density at radius 3 is 3.00 bits per heavy atom. The summed E-state index contributed by atoms with van der Waals surface area (Å²) in [4.78, 5) is 14.2. The van der Waals surface area contributed by atoms with Crippen LogP contribution in [0.15, 0.2) is 0 Å². The summed E-state index contributed by atoms with van der Waals surface area (Å²) >= 11 is 0. The van der Waals surface area contributed by atoms with E-state index in [4.69, 9.17) is 4.74 Å². The van der Waals surface area contributed by atoms with Crippen molar-refractivity contribution in [1.29, 1.82) is 0 Å². The van der Waals surface area contributed by atoms with Crippen molar-refractivity contribution in [1.82, 2.24) is 10.2 Å². The van der Waals surface area contributed by atoms with Gasteiger partial charge < -0.3 is 15.0 Å². The Balaban J connectivity index is 1.70. The highest BCUT2D eigenvalue weighted by Gasteiger charge is 2.32. The molecule has 2 unspecified atom stereocenters. The molecule has 98 valence electrons. The molecule has 2 fully saturated rings. The lowest BCUT2D eigenvalue weighted by Crippen LogP contribution is -2.48. The summed E-state index contributed by atoms with van der Waals surface area (Å²) < 4.78 is 5.31. The van der Waals surface area contributed by atoms with E-state index in [1.54, 1.807) is 0 Å². The van der Waals surface area contributed by atoms with Gasteiger partial charge in [0.05, 0.1) is 6.10 Å². The van der Waals surface area contributed by atoms with Gasteiger partial charge in [0.25, 0.3) is 0 Å². The standard InChI is InChI=1S/C13H24N2O2/c1-10(2)17-9-13(16)14-11-5-7-15-6-3-4-12(15)8-11/h10-12H,3-9H2,1-2H3,(H,14,16). The van der Waals surface area contributed by atoms with Gasteiger partial charge in [0.2, 0.25) is 5.91 Å². The molecule has 17 heavy (non-hydrogen) atoms. The zero-order valence-corrected chi connectivity index (χ0v) is 10.9. The van der Waals surface area contributed by atoms with Crippen molar-refractivity contribution in [2.75, 3.05) is 19.7 Å². The number of hydrogen-bond acceptors (Lipinski definition) is 3. The Morgan fingerprint density at radius 2 is 2.24 bits per heavy atom. The lowest BCUT2D eigenvalue weighted by molar-refractivity contribution is -0.128. The molecular weight excluding hydrogens is 216 g/mol. The minimum atomic E-state index is 0.0372.